The van der Waals surface area contributed by atoms with E-state index in [4.69, 9.17) is 19.5 Å². The maximum Gasteiger partial charge on any atom is 0.162 e. The molecular weight excluding hydrogens is 354 g/mol. The van der Waals surface area contributed by atoms with Gasteiger partial charge in [-0.15, -0.1) is 0 Å². The van der Waals surface area contributed by atoms with Crippen molar-refractivity contribution < 1.29 is 14.2 Å². The highest BCUT2D eigenvalue weighted by Gasteiger charge is 2.28. The number of hydrogen-bond acceptors (Lipinski definition) is 5. The van der Waals surface area contributed by atoms with Gasteiger partial charge in [-0.25, -0.2) is 0 Å². The molecule has 1 aliphatic carbocycles. The molecule has 1 aliphatic heterocycles. The normalized spacial score (nSPS) is 17.1. The molecule has 1 atom stereocenters. The number of ether oxygens (including phenoxy) is 3. The molecule has 3 aromatic rings. The molecule has 28 heavy (non-hydrogen) atoms. The van der Waals surface area contributed by atoms with Crippen LogP contribution in [0.1, 0.15) is 23.1 Å². The Hall–Kier alpha value is -3.30. The molecule has 0 radical (unpaired) electrons. The number of aromatic nitrogens is 2. The Morgan fingerprint density at radius 3 is 2.79 bits per heavy atom. The third kappa shape index (κ3) is 2.72. The molecule has 1 fully saturated rings. The number of methoxy groups -OCH3 is 1. The zero-order valence-electron chi connectivity index (χ0n) is 15.5. The van der Waals surface area contributed by atoms with Gasteiger partial charge in [-0.1, -0.05) is 12.1 Å². The van der Waals surface area contributed by atoms with Gasteiger partial charge in [-0.2, -0.15) is 10.4 Å². The van der Waals surface area contributed by atoms with Crippen LogP contribution >= 0.6 is 0 Å². The van der Waals surface area contributed by atoms with Gasteiger partial charge in [0.05, 0.1) is 43.3 Å². The van der Waals surface area contributed by atoms with Gasteiger partial charge in [0.2, 0.25) is 0 Å². The van der Waals surface area contributed by atoms with Gasteiger partial charge < -0.3 is 14.2 Å². The number of nitriles is 1. The van der Waals surface area contributed by atoms with Crippen molar-refractivity contribution in [3.05, 3.63) is 53.1 Å². The monoisotopic (exact) mass is 373 g/mol. The summed E-state index contributed by atoms with van der Waals surface area (Å²) in [6.07, 6.45) is 1.74. The highest BCUT2D eigenvalue weighted by molar-refractivity contribution is 5.82. The van der Waals surface area contributed by atoms with Crippen molar-refractivity contribution in [1.82, 2.24) is 10.2 Å². The van der Waals surface area contributed by atoms with Crippen molar-refractivity contribution in [2.24, 2.45) is 0 Å². The van der Waals surface area contributed by atoms with Crippen LogP contribution in [-0.2, 0) is 11.2 Å². The molecule has 5 rings (SSSR count). The van der Waals surface area contributed by atoms with Crippen LogP contribution in [0.3, 0.4) is 0 Å². The summed E-state index contributed by atoms with van der Waals surface area (Å²) in [7, 11) is 1.66. The van der Waals surface area contributed by atoms with E-state index in [0.29, 0.717) is 17.9 Å². The molecule has 140 valence electrons. The van der Waals surface area contributed by atoms with E-state index in [1.165, 1.54) is 5.56 Å². The number of H-pyrrole nitrogens is 1. The molecule has 6 heteroatoms. The highest BCUT2D eigenvalue weighted by atomic mass is 16.6. The van der Waals surface area contributed by atoms with Crippen LogP contribution < -0.4 is 9.47 Å². The van der Waals surface area contributed by atoms with E-state index in [-0.39, 0.29) is 6.10 Å². The first-order valence-electron chi connectivity index (χ1n) is 9.30. The Labute approximate surface area is 162 Å². The van der Waals surface area contributed by atoms with Crippen molar-refractivity contribution >= 4 is 0 Å². The smallest absolute Gasteiger partial charge is 0.162 e. The largest absolute Gasteiger partial charge is 0.493 e. The Kier molecular flexibility index (Phi) is 4.03. The van der Waals surface area contributed by atoms with Gasteiger partial charge in [0.1, 0.15) is 6.10 Å². The number of fused-ring (bicyclic) bond motifs is 3. The molecule has 0 bridgehead atoms. The van der Waals surface area contributed by atoms with Crippen LogP contribution in [0.25, 0.3) is 22.5 Å². The van der Waals surface area contributed by atoms with E-state index in [9.17, 15) is 0 Å². The summed E-state index contributed by atoms with van der Waals surface area (Å²) in [6.45, 7) is 1.36. The molecule has 1 unspecified atom stereocenters. The van der Waals surface area contributed by atoms with Crippen LogP contribution in [0, 0.1) is 11.3 Å². The summed E-state index contributed by atoms with van der Waals surface area (Å²) in [4.78, 5) is 0. The fourth-order valence-corrected chi connectivity index (χ4v) is 3.91. The third-order valence-corrected chi connectivity index (χ3v) is 5.36. The highest BCUT2D eigenvalue weighted by Crippen LogP contribution is 2.45. The number of benzene rings is 2. The lowest BCUT2D eigenvalue weighted by molar-refractivity contribution is 0.138. The number of aromatic amines is 1. The Morgan fingerprint density at radius 1 is 1.21 bits per heavy atom. The molecule has 2 aliphatic rings. The Morgan fingerprint density at radius 2 is 2.07 bits per heavy atom. The lowest BCUT2D eigenvalue weighted by Gasteiger charge is -2.16. The zero-order valence-corrected chi connectivity index (χ0v) is 15.5. The van der Waals surface area contributed by atoms with Crippen LogP contribution in [0.5, 0.6) is 11.5 Å². The molecule has 6 nitrogen and oxygen atoms in total. The molecule has 2 heterocycles. The van der Waals surface area contributed by atoms with E-state index >= 15 is 0 Å². The lowest BCUT2D eigenvalue weighted by Crippen LogP contribution is -2.16. The van der Waals surface area contributed by atoms with Crippen molar-refractivity contribution in [3.63, 3.8) is 0 Å². The van der Waals surface area contributed by atoms with Gasteiger partial charge in [0, 0.05) is 29.5 Å². The minimum atomic E-state index is 0.0713. The van der Waals surface area contributed by atoms with Crippen LogP contribution in [0.4, 0.5) is 0 Å². The maximum atomic E-state index is 9.01. The average Bonchev–Trinajstić information content (AvgIpc) is 3.45. The fourth-order valence-electron chi connectivity index (χ4n) is 3.91. The Bertz CT molecular complexity index is 1070. The summed E-state index contributed by atoms with van der Waals surface area (Å²) in [5, 5.41) is 16.7. The second-order valence-electron chi connectivity index (χ2n) is 7.06. The number of nitrogens with one attached hydrogen (secondary N) is 1. The van der Waals surface area contributed by atoms with E-state index in [1.54, 1.807) is 7.11 Å². The van der Waals surface area contributed by atoms with E-state index in [0.717, 1.165) is 53.3 Å². The second-order valence-corrected chi connectivity index (χ2v) is 7.06. The lowest BCUT2D eigenvalue weighted by atomic mass is 10.0. The Balaban J connectivity index is 1.50. The predicted molar refractivity (Wildman–Crippen MR) is 103 cm³/mol. The topological polar surface area (TPSA) is 80.2 Å². The number of hydrogen-bond donors (Lipinski definition) is 1. The fraction of sp³-hybridized carbons (Fsp3) is 0.273. The SMILES string of the molecule is COc1cc2c(cc1OC1CCOC1)Cc1c(-c3ccc(C#N)cc3)n[nH]c1-2. The minimum Gasteiger partial charge on any atom is -0.493 e. The zero-order chi connectivity index (χ0) is 19.1. The summed E-state index contributed by atoms with van der Waals surface area (Å²) in [5.74, 6) is 1.47. The summed E-state index contributed by atoms with van der Waals surface area (Å²) in [5.41, 5.74) is 7.01. The van der Waals surface area contributed by atoms with Gasteiger partial charge >= 0.3 is 0 Å². The average molecular weight is 373 g/mol. The molecule has 0 saturated carbocycles. The van der Waals surface area contributed by atoms with Crippen molar-refractivity contribution in [1.29, 1.82) is 5.26 Å². The molecule has 0 amide bonds. The first kappa shape index (κ1) is 16.8. The maximum absolute atomic E-state index is 9.01. The standard InChI is InChI=1S/C22H19N3O3/c1-26-19-10-17-15(9-20(19)28-16-6-7-27-12-16)8-18-21(24-25-22(17)18)14-4-2-13(11-23)3-5-14/h2-5,9-10,16H,6-8,12H2,1H3,(H,24,25). The summed E-state index contributed by atoms with van der Waals surface area (Å²) in [6, 6.07) is 13.8. The van der Waals surface area contributed by atoms with E-state index in [2.05, 4.69) is 22.3 Å². The molecular formula is C22H19N3O3. The van der Waals surface area contributed by atoms with Crippen LogP contribution in [0.15, 0.2) is 36.4 Å². The quantitative estimate of drug-likeness (QED) is 0.590. The summed E-state index contributed by atoms with van der Waals surface area (Å²) >= 11 is 0. The molecule has 1 N–H and O–H groups in total. The number of rotatable bonds is 4. The minimum absolute atomic E-state index is 0.0713. The van der Waals surface area contributed by atoms with Crippen molar-refractivity contribution in [2.45, 2.75) is 18.9 Å². The first-order chi connectivity index (χ1) is 13.8. The molecule has 2 aromatic carbocycles. The second kappa shape index (κ2) is 6.70. The van der Waals surface area contributed by atoms with Crippen molar-refractivity contribution in [2.75, 3.05) is 20.3 Å². The molecule has 1 saturated heterocycles. The predicted octanol–water partition coefficient (Wildman–Crippen LogP) is 3.70. The van der Waals surface area contributed by atoms with E-state index in [1.807, 2.05) is 30.3 Å². The van der Waals surface area contributed by atoms with Crippen LogP contribution in [-0.4, -0.2) is 36.6 Å². The van der Waals surface area contributed by atoms with Crippen molar-refractivity contribution in [3.8, 4) is 40.1 Å². The van der Waals surface area contributed by atoms with Crippen LogP contribution in [0.2, 0.25) is 0 Å². The number of nitrogens with zero attached hydrogens (tertiary/aromatic N) is 2. The summed E-state index contributed by atoms with van der Waals surface area (Å²) < 4.78 is 17.1. The van der Waals surface area contributed by atoms with E-state index < -0.39 is 0 Å². The van der Waals surface area contributed by atoms with Gasteiger partial charge in [-0.3, -0.25) is 5.10 Å². The van der Waals surface area contributed by atoms with Gasteiger partial charge in [-0.05, 0) is 29.8 Å². The molecule has 1 aromatic heterocycles. The first-order valence-corrected chi connectivity index (χ1v) is 9.30. The third-order valence-electron chi connectivity index (χ3n) is 5.36. The van der Waals surface area contributed by atoms with Gasteiger partial charge in [0.15, 0.2) is 11.5 Å². The molecule has 0 spiro atoms. The van der Waals surface area contributed by atoms with Gasteiger partial charge in [0.25, 0.3) is 0 Å².